The maximum Gasteiger partial charge on any atom is 0.243 e. The normalized spacial score (nSPS) is 14.7. The van der Waals surface area contributed by atoms with Gasteiger partial charge in [0.1, 0.15) is 0 Å². The number of nitrogens with zero attached hydrogens (tertiary/aromatic N) is 3. The van der Waals surface area contributed by atoms with Gasteiger partial charge in [0.05, 0.1) is 17.3 Å². The number of piperidine rings is 1. The average Bonchev–Trinajstić information content (AvgIpc) is 2.69. The molecule has 2 N–H and O–H groups in total. The van der Waals surface area contributed by atoms with Crippen molar-refractivity contribution in [1.82, 2.24) is 15.3 Å². The van der Waals surface area contributed by atoms with Crippen molar-refractivity contribution in [1.29, 1.82) is 0 Å². The first-order valence-electron chi connectivity index (χ1n) is 8.88. The number of carbonyl (C=O) groups excluding carboxylic acids is 2. The summed E-state index contributed by atoms with van der Waals surface area (Å²) in [5.41, 5.74) is 1.55. The highest BCUT2D eigenvalue weighted by atomic mass is 35.5. The zero-order valence-electron chi connectivity index (χ0n) is 15.1. The maximum atomic E-state index is 12.3. The standard InChI is InChI=1S/C19H22ClN5O2/c1-13-3-4-16(15(20)11-13)24-17(26)12-23-18(27)14-5-9-25(10-6-14)19-21-7-2-8-22-19/h2-4,7-8,11,14H,5-6,9-10,12H2,1H3,(H,23,27)(H,24,26). The Morgan fingerprint density at radius 3 is 2.59 bits per heavy atom. The molecule has 2 amide bonds. The monoisotopic (exact) mass is 387 g/mol. The van der Waals surface area contributed by atoms with Crippen LogP contribution < -0.4 is 15.5 Å². The number of carbonyl (C=O) groups is 2. The molecule has 1 fully saturated rings. The zero-order valence-corrected chi connectivity index (χ0v) is 15.9. The van der Waals surface area contributed by atoms with E-state index < -0.39 is 0 Å². The third-order valence-corrected chi connectivity index (χ3v) is 4.84. The zero-order chi connectivity index (χ0) is 19.2. The van der Waals surface area contributed by atoms with Gasteiger partial charge in [-0.05, 0) is 43.5 Å². The van der Waals surface area contributed by atoms with Gasteiger partial charge in [-0.1, -0.05) is 17.7 Å². The van der Waals surface area contributed by atoms with E-state index in [1.165, 1.54) is 0 Å². The van der Waals surface area contributed by atoms with E-state index >= 15 is 0 Å². The van der Waals surface area contributed by atoms with E-state index in [4.69, 9.17) is 11.6 Å². The van der Waals surface area contributed by atoms with Crippen molar-refractivity contribution in [3.63, 3.8) is 0 Å². The van der Waals surface area contributed by atoms with Gasteiger partial charge >= 0.3 is 0 Å². The Balaban J connectivity index is 1.44. The van der Waals surface area contributed by atoms with E-state index in [1.807, 2.05) is 13.0 Å². The fraction of sp³-hybridized carbons (Fsp3) is 0.368. The number of aryl methyl sites for hydroxylation is 1. The summed E-state index contributed by atoms with van der Waals surface area (Å²) in [5, 5.41) is 5.90. The lowest BCUT2D eigenvalue weighted by Crippen LogP contribution is -2.43. The van der Waals surface area contributed by atoms with Crippen LogP contribution in [0.5, 0.6) is 0 Å². The van der Waals surface area contributed by atoms with Crippen LogP contribution in [-0.4, -0.2) is 41.4 Å². The van der Waals surface area contributed by atoms with Crippen LogP contribution in [0.3, 0.4) is 0 Å². The Labute approximate surface area is 163 Å². The summed E-state index contributed by atoms with van der Waals surface area (Å²) in [6.45, 7) is 3.28. The van der Waals surface area contributed by atoms with Crippen molar-refractivity contribution in [2.24, 2.45) is 5.92 Å². The molecule has 0 aliphatic carbocycles. The second-order valence-electron chi connectivity index (χ2n) is 6.56. The Hall–Kier alpha value is -2.67. The number of anilines is 2. The highest BCUT2D eigenvalue weighted by Crippen LogP contribution is 2.23. The van der Waals surface area contributed by atoms with Crippen molar-refractivity contribution in [2.75, 3.05) is 29.9 Å². The van der Waals surface area contributed by atoms with Gasteiger partial charge in [0, 0.05) is 31.4 Å². The summed E-state index contributed by atoms with van der Waals surface area (Å²) in [6, 6.07) is 7.17. The molecule has 0 spiro atoms. The Kier molecular flexibility index (Phi) is 6.24. The summed E-state index contributed by atoms with van der Waals surface area (Å²) >= 11 is 6.11. The van der Waals surface area contributed by atoms with Gasteiger partial charge in [0.2, 0.25) is 17.8 Å². The number of aromatic nitrogens is 2. The molecule has 0 unspecified atom stereocenters. The van der Waals surface area contributed by atoms with Crippen molar-refractivity contribution in [2.45, 2.75) is 19.8 Å². The molecule has 0 radical (unpaired) electrons. The Morgan fingerprint density at radius 2 is 1.93 bits per heavy atom. The number of rotatable bonds is 5. The van der Waals surface area contributed by atoms with Gasteiger partial charge in [-0.3, -0.25) is 9.59 Å². The van der Waals surface area contributed by atoms with Gasteiger partial charge in [-0.15, -0.1) is 0 Å². The Bertz CT molecular complexity index is 807. The van der Waals surface area contributed by atoms with Crippen molar-refractivity contribution < 1.29 is 9.59 Å². The molecule has 8 heteroatoms. The molecule has 142 valence electrons. The van der Waals surface area contributed by atoms with Gasteiger partial charge in [-0.25, -0.2) is 9.97 Å². The molecular weight excluding hydrogens is 366 g/mol. The quantitative estimate of drug-likeness (QED) is 0.822. The molecule has 1 aliphatic rings. The summed E-state index contributed by atoms with van der Waals surface area (Å²) in [7, 11) is 0. The highest BCUT2D eigenvalue weighted by molar-refractivity contribution is 6.33. The van der Waals surface area contributed by atoms with E-state index in [0.29, 0.717) is 42.6 Å². The first-order chi connectivity index (χ1) is 13.0. The van der Waals surface area contributed by atoms with E-state index in [-0.39, 0.29) is 24.3 Å². The summed E-state index contributed by atoms with van der Waals surface area (Å²) in [5.74, 6) is 0.171. The third-order valence-electron chi connectivity index (χ3n) is 4.52. The first kappa shape index (κ1) is 19.1. The van der Waals surface area contributed by atoms with Crippen molar-refractivity contribution in [3.8, 4) is 0 Å². The fourth-order valence-electron chi connectivity index (χ4n) is 3.02. The molecule has 2 aromatic rings. The minimum absolute atomic E-state index is 0.0783. The van der Waals surface area contributed by atoms with E-state index in [2.05, 4.69) is 25.5 Å². The van der Waals surface area contributed by atoms with Crippen LogP contribution in [0.15, 0.2) is 36.7 Å². The summed E-state index contributed by atoms with van der Waals surface area (Å²) in [6.07, 6.45) is 4.82. The van der Waals surface area contributed by atoms with Crippen LogP contribution in [0.1, 0.15) is 18.4 Å². The molecule has 1 aromatic carbocycles. The summed E-state index contributed by atoms with van der Waals surface area (Å²) < 4.78 is 0. The predicted molar refractivity (Wildman–Crippen MR) is 105 cm³/mol. The van der Waals surface area contributed by atoms with E-state index in [0.717, 1.165) is 5.56 Å². The van der Waals surface area contributed by atoms with Crippen LogP contribution in [-0.2, 0) is 9.59 Å². The van der Waals surface area contributed by atoms with Crippen LogP contribution in [0.4, 0.5) is 11.6 Å². The largest absolute Gasteiger partial charge is 0.347 e. The Morgan fingerprint density at radius 1 is 1.22 bits per heavy atom. The molecular formula is C19H22ClN5O2. The minimum atomic E-state index is -0.302. The van der Waals surface area contributed by atoms with Gasteiger partial charge in [0.25, 0.3) is 0 Å². The molecule has 0 atom stereocenters. The average molecular weight is 388 g/mol. The number of benzene rings is 1. The first-order valence-corrected chi connectivity index (χ1v) is 9.26. The van der Waals surface area contributed by atoms with Gasteiger partial charge < -0.3 is 15.5 Å². The molecule has 7 nitrogen and oxygen atoms in total. The molecule has 1 aromatic heterocycles. The third kappa shape index (κ3) is 5.17. The predicted octanol–water partition coefficient (Wildman–Crippen LogP) is 2.41. The van der Waals surface area contributed by atoms with Gasteiger partial charge in [-0.2, -0.15) is 0 Å². The van der Waals surface area contributed by atoms with Crippen LogP contribution >= 0.6 is 11.6 Å². The summed E-state index contributed by atoms with van der Waals surface area (Å²) in [4.78, 5) is 34.9. The molecule has 2 heterocycles. The minimum Gasteiger partial charge on any atom is -0.347 e. The molecule has 0 saturated carbocycles. The second kappa shape index (κ2) is 8.81. The topological polar surface area (TPSA) is 87.2 Å². The van der Waals surface area contributed by atoms with E-state index in [9.17, 15) is 9.59 Å². The number of amides is 2. The second-order valence-corrected chi connectivity index (χ2v) is 6.97. The number of halogens is 1. The highest BCUT2D eigenvalue weighted by Gasteiger charge is 2.26. The van der Waals surface area contributed by atoms with Crippen LogP contribution in [0.2, 0.25) is 5.02 Å². The maximum absolute atomic E-state index is 12.3. The fourth-order valence-corrected chi connectivity index (χ4v) is 3.31. The van der Waals surface area contributed by atoms with Crippen molar-refractivity contribution >= 4 is 35.1 Å². The molecule has 3 rings (SSSR count). The molecule has 1 aliphatic heterocycles. The molecule has 0 bridgehead atoms. The number of hydrogen-bond acceptors (Lipinski definition) is 5. The smallest absolute Gasteiger partial charge is 0.243 e. The lowest BCUT2D eigenvalue weighted by atomic mass is 9.96. The van der Waals surface area contributed by atoms with Crippen LogP contribution in [0.25, 0.3) is 0 Å². The number of nitrogens with one attached hydrogen (secondary N) is 2. The molecule has 27 heavy (non-hydrogen) atoms. The SMILES string of the molecule is Cc1ccc(NC(=O)CNC(=O)C2CCN(c3ncccn3)CC2)c(Cl)c1. The van der Waals surface area contributed by atoms with Gasteiger partial charge in [0.15, 0.2) is 0 Å². The van der Waals surface area contributed by atoms with Crippen molar-refractivity contribution in [3.05, 3.63) is 47.2 Å². The number of hydrogen-bond donors (Lipinski definition) is 2. The molecule has 1 saturated heterocycles. The lowest BCUT2D eigenvalue weighted by molar-refractivity contribution is -0.127. The van der Waals surface area contributed by atoms with Crippen LogP contribution in [0, 0.1) is 12.8 Å². The lowest BCUT2D eigenvalue weighted by Gasteiger charge is -2.31. The van der Waals surface area contributed by atoms with E-state index in [1.54, 1.807) is 30.6 Å².